The van der Waals surface area contributed by atoms with Gasteiger partial charge in [-0.25, -0.2) is 4.39 Å². The fourth-order valence-corrected chi connectivity index (χ4v) is 1.68. The molecular weight excluding hydrogens is 227 g/mol. The van der Waals surface area contributed by atoms with Crippen LogP contribution in [-0.4, -0.2) is 7.11 Å². The predicted molar refractivity (Wildman–Crippen MR) is 62.2 cm³/mol. The number of methoxy groups -OCH3 is 1. The molecule has 0 spiro atoms. The molecule has 0 atom stereocenters. The third-order valence-electron chi connectivity index (χ3n) is 2.24. The lowest BCUT2D eigenvalue weighted by atomic mass is 10.0. The zero-order valence-corrected chi connectivity index (χ0v) is 9.38. The van der Waals surface area contributed by atoms with Crippen molar-refractivity contribution in [1.82, 2.24) is 0 Å². The highest BCUT2D eigenvalue weighted by molar-refractivity contribution is 6.30. The lowest BCUT2D eigenvalue weighted by Crippen LogP contribution is -1.90. The number of benzene rings is 2. The summed E-state index contributed by atoms with van der Waals surface area (Å²) in [7, 11) is 1.53. The van der Waals surface area contributed by atoms with Gasteiger partial charge in [-0.15, -0.1) is 0 Å². The first-order valence-corrected chi connectivity index (χ1v) is 5.10. The normalized spacial score (nSPS) is 10.2. The molecule has 0 fully saturated rings. The van der Waals surface area contributed by atoms with Crippen molar-refractivity contribution in [3.05, 3.63) is 53.3 Å². The predicted octanol–water partition coefficient (Wildman–Crippen LogP) is 3.95. The number of para-hydroxylation sites is 1. The van der Waals surface area contributed by atoms with E-state index in [1.54, 1.807) is 24.3 Å². The van der Waals surface area contributed by atoms with Gasteiger partial charge in [-0.3, -0.25) is 0 Å². The van der Waals surface area contributed by atoms with Crippen LogP contribution in [0.4, 0.5) is 4.39 Å². The standard InChI is InChI=1S/C13H9ClFO/c1-16-13-5-3-2-4-10(13)11-8-9(14)6-7-12(11)15/h2-4,6-8H,1H3. The number of rotatable bonds is 2. The molecule has 0 unspecified atom stereocenters. The Morgan fingerprint density at radius 1 is 1.25 bits per heavy atom. The Bertz CT molecular complexity index is 511. The first-order valence-electron chi connectivity index (χ1n) is 4.72. The molecule has 0 heterocycles. The summed E-state index contributed by atoms with van der Waals surface area (Å²) >= 11 is 5.84. The van der Waals surface area contributed by atoms with Crippen LogP contribution in [0.2, 0.25) is 5.02 Å². The summed E-state index contributed by atoms with van der Waals surface area (Å²) in [6.07, 6.45) is 0. The quantitative estimate of drug-likeness (QED) is 0.766. The topological polar surface area (TPSA) is 9.23 Å². The van der Waals surface area contributed by atoms with Crippen LogP contribution in [0.15, 0.2) is 36.4 Å². The summed E-state index contributed by atoms with van der Waals surface area (Å²) in [6.45, 7) is 0. The van der Waals surface area contributed by atoms with Crippen LogP contribution in [0.3, 0.4) is 0 Å². The molecule has 0 aromatic heterocycles. The second kappa shape index (κ2) is 4.54. The summed E-state index contributed by atoms with van der Waals surface area (Å²) in [6, 6.07) is 12.6. The van der Waals surface area contributed by atoms with Gasteiger partial charge in [-0.05, 0) is 18.2 Å². The Morgan fingerprint density at radius 2 is 2.06 bits per heavy atom. The molecule has 0 bridgehead atoms. The highest BCUT2D eigenvalue weighted by Crippen LogP contribution is 2.32. The summed E-state index contributed by atoms with van der Waals surface area (Å²) in [4.78, 5) is 0. The van der Waals surface area contributed by atoms with Gasteiger partial charge < -0.3 is 4.74 Å². The molecule has 2 aromatic carbocycles. The van der Waals surface area contributed by atoms with E-state index in [9.17, 15) is 4.39 Å². The molecule has 2 aromatic rings. The molecule has 0 saturated heterocycles. The van der Waals surface area contributed by atoms with Crippen molar-refractivity contribution in [2.75, 3.05) is 7.11 Å². The third-order valence-corrected chi connectivity index (χ3v) is 2.48. The Kier molecular flexibility index (Phi) is 3.11. The van der Waals surface area contributed by atoms with E-state index in [4.69, 9.17) is 16.3 Å². The Balaban J connectivity index is 2.62. The van der Waals surface area contributed by atoms with Gasteiger partial charge >= 0.3 is 0 Å². The Hall–Kier alpha value is -1.54. The minimum Gasteiger partial charge on any atom is -0.495 e. The average Bonchev–Trinajstić information content (AvgIpc) is 2.32. The molecule has 1 radical (unpaired) electrons. The molecule has 16 heavy (non-hydrogen) atoms. The van der Waals surface area contributed by atoms with E-state index in [2.05, 4.69) is 6.07 Å². The highest BCUT2D eigenvalue weighted by atomic mass is 35.5. The molecule has 0 amide bonds. The van der Waals surface area contributed by atoms with Crippen LogP contribution < -0.4 is 4.74 Å². The van der Waals surface area contributed by atoms with E-state index in [0.29, 0.717) is 21.9 Å². The number of halogens is 2. The maximum atomic E-state index is 13.6. The number of hydrogen-bond donors (Lipinski definition) is 0. The summed E-state index contributed by atoms with van der Waals surface area (Å²) < 4.78 is 18.8. The zero-order chi connectivity index (χ0) is 11.5. The van der Waals surface area contributed by atoms with Crippen molar-refractivity contribution in [2.24, 2.45) is 0 Å². The molecule has 1 nitrogen and oxygen atoms in total. The molecule has 0 saturated carbocycles. The largest absolute Gasteiger partial charge is 0.495 e. The molecule has 0 N–H and O–H groups in total. The van der Waals surface area contributed by atoms with Crippen molar-refractivity contribution < 1.29 is 9.13 Å². The van der Waals surface area contributed by atoms with Crippen LogP contribution in [0.5, 0.6) is 5.75 Å². The number of hydrogen-bond acceptors (Lipinski definition) is 1. The van der Waals surface area contributed by atoms with E-state index in [1.807, 2.05) is 0 Å². The Morgan fingerprint density at radius 3 is 2.81 bits per heavy atom. The van der Waals surface area contributed by atoms with Gasteiger partial charge in [0.2, 0.25) is 0 Å². The van der Waals surface area contributed by atoms with Crippen LogP contribution >= 0.6 is 11.6 Å². The maximum absolute atomic E-state index is 13.6. The van der Waals surface area contributed by atoms with E-state index in [1.165, 1.54) is 19.2 Å². The minimum absolute atomic E-state index is 0.331. The summed E-state index contributed by atoms with van der Waals surface area (Å²) in [5.74, 6) is 0.172. The second-order valence-electron chi connectivity index (χ2n) is 3.24. The van der Waals surface area contributed by atoms with Crippen LogP contribution in [-0.2, 0) is 0 Å². The SMILES string of the molecule is COc1[c]cccc1-c1cc(Cl)ccc1F. The van der Waals surface area contributed by atoms with Gasteiger partial charge in [-0.1, -0.05) is 29.8 Å². The van der Waals surface area contributed by atoms with Crippen molar-refractivity contribution >= 4 is 11.6 Å². The van der Waals surface area contributed by atoms with Gasteiger partial charge in [0.05, 0.1) is 7.11 Å². The smallest absolute Gasteiger partial charge is 0.134 e. The monoisotopic (exact) mass is 235 g/mol. The molecule has 2 rings (SSSR count). The molecular formula is C13H9ClFO. The molecule has 3 heteroatoms. The molecule has 0 aliphatic carbocycles. The summed E-state index contributed by atoms with van der Waals surface area (Å²) in [5, 5.41) is 0.488. The lowest BCUT2D eigenvalue weighted by molar-refractivity contribution is 0.415. The van der Waals surface area contributed by atoms with E-state index < -0.39 is 0 Å². The lowest BCUT2D eigenvalue weighted by Gasteiger charge is -2.08. The first kappa shape index (κ1) is 11.0. The number of ether oxygens (including phenoxy) is 1. The second-order valence-corrected chi connectivity index (χ2v) is 3.68. The van der Waals surface area contributed by atoms with Crippen molar-refractivity contribution in [1.29, 1.82) is 0 Å². The van der Waals surface area contributed by atoms with Gasteiger partial charge in [0, 0.05) is 22.2 Å². The zero-order valence-electron chi connectivity index (χ0n) is 8.63. The average molecular weight is 236 g/mol. The van der Waals surface area contributed by atoms with Crippen molar-refractivity contribution in [2.45, 2.75) is 0 Å². The van der Waals surface area contributed by atoms with Gasteiger partial charge in [-0.2, -0.15) is 0 Å². The van der Waals surface area contributed by atoms with Crippen molar-refractivity contribution in [3.63, 3.8) is 0 Å². The van der Waals surface area contributed by atoms with Crippen LogP contribution in [0, 0.1) is 11.9 Å². The molecule has 0 aliphatic rings. The van der Waals surface area contributed by atoms with E-state index in [0.717, 1.165) is 0 Å². The molecule has 81 valence electrons. The fraction of sp³-hybridized carbons (Fsp3) is 0.0769. The van der Waals surface area contributed by atoms with Crippen molar-refractivity contribution in [3.8, 4) is 16.9 Å². The van der Waals surface area contributed by atoms with Crippen LogP contribution in [0.1, 0.15) is 0 Å². The fourth-order valence-electron chi connectivity index (χ4n) is 1.51. The van der Waals surface area contributed by atoms with Crippen LogP contribution in [0.25, 0.3) is 11.1 Å². The maximum Gasteiger partial charge on any atom is 0.134 e. The molecule has 0 aliphatic heterocycles. The highest BCUT2D eigenvalue weighted by Gasteiger charge is 2.10. The van der Waals surface area contributed by atoms with E-state index >= 15 is 0 Å². The van der Waals surface area contributed by atoms with E-state index in [-0.39, 0.29) is 5.82 Å². The first-order chi connectivity index (χ1) is 7.72. The Labute approximate surface area is 98.4 Å². The third kappa shape index (κ3) is 2.02. The summed E-state index contributed by atoms with van der Waals surface area (Å²) in [5.41, 5.74) is 1.06. The van der Waals surface area contributed by atoms with Gasteiger partial charge in [0.25, 0.3) is 0 Å². The van der Waals surface area contributed by atoms with Gasteiger partial charge in [0.15, 0.2) is 0 Å². The van der Waals surface area contributed by atoms with Gasteiger partial charge in [0.1, 0.15) is 11.6 Å². The minimum atomic E-state index is -0.331.